The molecule has 0 spiro atoms. The lowest BCUT2D eigenvalue weighted by molar-refractivity contribution is -0.189. The standard InChI is InChI=1S/C21H23ClN2O4S/c1-23-12-9-21(27-2,10-13-23)28-18-4-3-5-19(15-18)29(25,26)24-11-8-16-6-7-17(22)14-20(16)24/h3-8,11,14-15H,9-10,12-13H2,1-2H3. The Kier molecular flexibility index (Phi) is 5.33. The topological polar surface area (TPSA) is 60.8 Å². The quantitative estimate of drug-likeness (QED) is 0.568. The van der Waals surface area contributed by atoms with E-state index in [1.165, 1.54) is 10.2 Å². The zero-order valence-electron chi connectivity index (χ0n) is 16.3. The van der Waals surface area contributed by atoms with Gasteiger partial charge in [0.1, 0.15) is 5.75 Å². The Morgan fingerprint density at radius 3 is 2.55 bits per heavy atom. The molecule has 29 heavy (non-hydrogen) atoms. The molecule has 1 aliphatic heterocycles. The van der Waals surface area contributed by atoms with Crippen LogP contribution >= 0.6 is 11.6 Å². The van der Waals surface area contributed by atoms with Crippen LogP contribution < -0.4 is 4.74 Å². The molecule has 0 amide bonds. The number of likely N-dealkylation sites (tertiary alicyclic amines) is 1. The molecule has 2 heterocycles. The van der Waals surface area contributed by atoms with Crippen LogP contribution in [0.3, 0.4) is 0 Å². The van der Waals surface area contributed by atoms with Crippen LogP contribution in [0.4, 0.5) is 0 Å². The van der Waals surface area contributed by atoms with E-state index in [1.54, 1.807) is 55.6 Å². The van der Waals surface area contributed by atoms with Gasteiger partial charge < -0.3 is 14.4 Å². The van der Waals surface area contributed by atoms with Crippen molar-refractivity contribution < 1.29 is 17.9 Å². The summed E-state index contributed by atoms with van der Waals surface area (Å²) in [5, 5.41) is 1.28. The van der Waals surface area contributed by atoms with Gasteiger partial charge in [0.25, 0.3) is 10.0 Å². The van der Waals surface area contributed by atoms with E-state index in [4.69, 9.17) is 21.1 Å². The third-order valence-corrected chi connectivity index (χ3v) is 7.33. The number of benzene rings is 2. The summed E-state index contributed by atoms with van der Waals surface area (Å²) in [5.41, 5.74) is 0.535. The summed E-state index contributed by atoms with van der Waals surface area (Å²) in [6, 6.07) is 13.5. The van der Waals surface area contributed by atoms with Gasteiger partial charge in [0.2, 0.25) is 5.79 Å². The number of halogens is 1. The number of aromatic nitrogens is 1. The summed E-state index contributed by atoms with van der Waals surface area (Å²) < 4.78 is 39.6. The molecule has 0 bridgehead atoms. The Morgan fingerprint density at radius 1 is 1.07 bits per heavy atom. The van der Waals surface area contributed by atoms with Gasteiger partial charge >= 0.3 is 0 Å². The molecule has 1 saturated heterocycles. The average Bonchev–Trinajstić information content (AvgIpc) is 3.14. The minimum absolute atomic E-state index is 0.145. The lowest BCUT2D eigenvalue weighted by atomic mass is 10.0. The molecule has 0 saturated carbocycles. The van der Waals surface area contributed by atoms with E-state index in [1.807, 2.05) is 0 Å². The van der Waals surface area contributed by atoms with Crippen LogP contribution in [0, 0.1) is 0 Å². The number of fused-ring (bicyclic) bond motifs is 1. The summed E-state index contributed by atoms with van der Waals surface area (Å²) in [7, 11) is -0.126. The Balaban J connectivity index is 1.68. The first-order valence-corrected chi connectivity index (χ1v) is 11.2. The summed E-state index contributed by atoms with van der Waals surface area (Å²) in [6.07, 6.45) is 2.95. The van der Waals surface area contributed by atoms with Crippen LogP contribution in [0.25, 0.3) is 10.9 Å². The van der Waals surface area contributed by atoms with Gasteiger partial charge in [0.05, 0.1) is 10.4 Å². The molecule has 154 valence electrons. The van der Waals surface area contributed by atoms with Gasteiger partial charge in [-0.15, -0.1) is 0 Å². The van der Waals surface area contributed by atoms with Gasteiger partial charge in [-0.1, -0.05) is 23.7 Å². The van der Waals surface area contributed by atoms with E-state index < -0.39 is 15.8 Å². The number of ether oxygens (including phenoxy) is 2. The molecule has 0 atom stereocenters. The van der Waals surface area contributed by atoms with E-state index in [9.17, 15) is 8.42 Å². The second-order valence-corrected chi connectivity index (χ2v) is 9.57. The highest BCUT2D eigenvalue weighted by atomic mass is 35.5. The van der Waals surface area contributed by atoms with Gasteiger partial charge in [0.15, 0.2) is 0 Å². The maximum Gasteiger partial charge on any atom is 0.268 e. The molecule has 4 rings (SSSR count). The van der Waals surface area contributed by atoms with Gasteiger partial charge in [-0.25, -0.2) is 12.4 Å². The van der Waals surface area contributed by atoms with Crippen molar-refractivity contribution in [3.63, 3.8) is 0 Å². The molecular formula is C21H23ClN2O4S. The van der Waals surface area contributed by atoms with Crippen LogP contribution in [-0.2, 0) is 14.8 Å². The van der Waals surface area contributed by atoms with Crippen LogP contribution in [0.15, 0.2) is 59.6 Å². The molecule has 1 fully saturated rings. The van der Waals surface area contributed by atoms with Crippen molar-refractivity contribution in [2.45, 2.75) is 23.5 Å². The Hall–Kier alpha value is -2.06. The Morgan fingerprint density at radius 2 is 1.83 bits per heavy atom. The second-order valence-electron chi connectivity index (χ2n) is 7.31. The minimum atomic E-state index is -3.81. The van der Waals surface area contributed by atoms with Crippen molar-refractivity contribution >= 4 is 32.5 Å². The first-order chi connectivity index (χ1) is 13.8. The minimum Gasteiger partial charge on any atom is -0.462 e. The Labute approximate surface area is 175 Å². The molecule has 0 radical (unpaired) electrons. The van der Waals surface area contributed by atoms with Crippen molar-refractivity contribution in [1.82, 2.24) is 8.87 Å². The highest BCUT2D eigenvalue weighted by Crippen LogP contribution is 2.31. The zero-order chi connectivity index (χ0) is 20.6. The van der Waals surface area contributed by atoms with Crippen molar-refractivity contribution in [2.24, 2.45) is 0 Å². The number of nitrogens with zero attached hydrogens (tertiary/aromatic N) is 2. The molecule has 0 N–H and O–H groups in total. The summed E-state index contributed by atoms with van der Waals surface area (Å²) in [6.45, 7) is 1.70. The third kappa shape index (κ3) is 3.88. The predicted molar refractivity (Wildman–Crippen MR) is 113 cm³/mol. The van der Waals surface area contributed by atoms with E-state index in [0.717, 1.165) is 18.5 Å². The molecular weight excluding hydrogens is 412 g/mol. The first kappa shape index (κ1) is 20.2. The molecule has 6 nitrogen and oxygen atoms in total. The van der Waals surface area contributed by atoms with Crippen LogP contribution in [-0.4, -0.2) is 50.3 Å². The number of hydrogen-bond donors (Lipinski definition) is 0. The van der Waals surface area contributed by atoms with Gasteiger partial charge in [0, 0.05) is 55.7 Å². The fraction of sp³-hybridized carbons (Fsp3) is 0.333. The summed E-state index contributed by atoms with van der Waals surface area (Å²) >= 11 is 6.07. The predicted octanol–water partition coefficient (Wildman–Crippen LogP) is 3.98. The number of methoxy groups -OCH3 is 1. The van der Waals surface area contributed by atoms with Gasteiger partial charge in [-0.2, -0.15) is 0 Å². The first-order valence-electron chi connectivity index (χ1n) is 9.38. The normalized spacial score (nSPS) is 17.5. The second kappa shape index (κ2) is 7.65. The van der Waals surface area contributed by atoms with E-state index in [0.29, 0.717) is 29.1 Å². The van der Waals surface area contributed by atoms with Crippen LogP contribution in [0.1, 0.15) is 12.8 Å². The molecule has 2 aromatic carbocycles. The van der Waals surface area contributed by atoms with Crippen LogP contribution in [0.2, 0.25) is 5.02 Å². The fourth-order valence-corrected chi connectivity index (χ4v) is 5.17. The zero-order valence-corrected chi connectivity index (χ0v) is 17.9. The molecule has 0 aliphatic carbocycles. The summed E-state index contributed by atoms with van der Waals surface area (Å²) in [4.78, 5) is 2.36. The molecule has 1 aromatic heterocycles. The van der Waals surface area contributed by atoms with Crippen molar-refractivity contribution in [1.29, 1.82) is 0 Å². The number of hydrogen-bond acceptors (Lipinski definition) is 5. The fourth-order valence-electron chi connectivity index (χ4n) is 3.62. The SMILES string of the molecule is COC1(Oc2cccc(S(=O)(=O)n3ccc4ccc(Cl)cc43)c2)CCN(C)CC1. The highest BCUT2D eigenvalue weighted by molar-refractivity contribution is 7.90. The van der Waals surface area contributed by atoms with Crippen molar-refractivity contribution in [3.05, 3.63) is 59.8 Å². The maximum absolute atomic E-state index is 13.3. The van der Waals surface area contributed by atoms with E-state index in [-0.39, 0.29) is 4.90 Å². The maximum atomic E-state index is 13.3. The van der Waals surface area contributed by atoms with E-state index >= 15 is 0 Å². The summed E-state index contributed by atoms with van der Waals surface area (Å²) in [5.74, 6) is -0.283. The molecule has 3 aromatic rings. The van der Waals surface area contributed by atoms with Gasteiger partial charge in [-0.05, 0) is 37.4 Å². The van der Waals surface area contributed by atoms with E-state index in [2.05, 4.69) is 11.9 Å². The smallest absolute Gasteiger partial charge is 0.268 e. The molecule has 0 unspecified atom stereocenters. The number of rotatable bonds is 5. The van der Waals surface area contributed by atoms with Crippen molar-refractivity contribution in [2.75, 3.05) is 27.2 Å². The lowest BCUT2D eigenvalue weighted by Gasteiger charge is -2.39. The largest absolute Gasteiger partial charge is 0.462 e. The highest BCUT2D eigenvalue weighted by Gasteiger charge is 2.36. The average molecular weight is 435 g/mol. The van der Waals surface area contributed by atoms with Crippen molar-refractivity contribution in [3.8, 4) is 5.75 Å². The third-order valence-electron chi connectivity index (χ3n) is 5.41. The van der Waals surface area contributed by atoms with Crippen LogP contribution in [0.5, 0.6) is 5.75 Å². The Bertz CT molecular complexity index is 1130. The number of piperidine rings is 1. The molecule has 8 heteroatoms. The van der Waals surface area contributed by atoms with Gasteiger partial charge in [-0.3, -0.25) is 0 Å². The molecule has 1 aliphatic rings. The lowest BCUT2D eigenvalue weighted by Crippen LogP contribution is -2.48. The monoisotopic (exact) mass is 434 g/mol.